The molecule has 1 N–H and O–H groups in total. The van der Waals surface area contributed by atoms with Gasteiger partial charge in [0.15, 0.2) is 0 Å². The molecule has 0 amide bonds. The normalized spacial score (nSPS) is 27.5. The first kappa shape index (κ1) is 12.4. The molecule has 2 atom stereocenters. The van der Waals surface area contributed by atoms with Crippen molar-refractivity contribution in [2.45, 2.75) is 31.3 Å². The summed E-state index contributed by atoms with van der Waals surface area (Å²) in [5.74, 6) is -1.09. The summed E-state index contributed by atoms with van der Waals surface area (Å²) in [7, 11) is 0. The highest BCUT2D eigenvalue weighted by Gasteiger charge is 2.37. The number of benzene rings is 1. The molecule has 1 aromatic carbocycles. The van der Waals surface area contributed by atoms with E-state index in [0.29, 0.717) is 16.2 Å². The fraction of sp³-hybridized carbons (Fsp3) is 0.538. The van der Waals surface area contributed by atoms with Crippen LogP contribution in [0.2, 0.25) is 0 Å². The quantitative estimate of drug-likeness (QED) is 0.900. The summed E-state index contributed by atoms with van der Waals surface area (Å²) in [4.78, 5) is 2.45. The Hall–Kier alpha value is -0.680. The second-order valence-electron chi connectivity index (χ2n) is 5.03. The lowest BCUT2D eigenvalue weighted by atomic mass is 10.1. The van der Waals surface area contributed by atoms with E-state index in [1.807, 2.05) is 0 Å². The highest BCUT2D eigenvalue weighted by molar-refractivity contribution is 9.10. The van der Waals surface area contributed by atoms with E-state index in [0.717, 1.165) is 32.0 Å². The van der Waals surface area contributed by atoms with Gasteiger partial charge in [0, 0.05) is 29.2 Å². The Morgan fingerprint density at radius 2 is 2.06 bits per heavy atom. The number of halogens is 3. The van der Waals surface area contributed by atoms with Crippen molar-refractivity contribution in [1.29, 1.82) is 0 Å². The Kier molecular flexibility index (Phi) is 3.28. The Labute approximate surface area is 113 Å². The highest BCUT2D eigenvalue weighted by Crippen LogP contribution is 2.33. The van der Waals surface area contributed by atoms with E-state index in [1.165, 1.54) is 12.5 Å². The fourth-order valence-electron chi connectivity index (χ4n) is 3.12. The summed E-state index contributed by atoms with van der Waals surface area (Å²) in [6.07, 6.45) is 3.40. The minimum atomic E-state index is -0.557. The summed E-state index contributed by atoms with van der Waals surface area (Å²) >= 11 is 3.22. The molecule has 98 valence electrons. The molecule has 0 aliphatic carbocycles. The molecule has 2 saturated heterocycles. The maximum absolute atomic E-state index is 13.8. The maximum Gasteiger partial charge on any atom is 0.150 e. The van der Waals surface area contributed by atoms with E-state index in [4.69, 9.17) is 0 Å². The predicted octanol–water partition coefficient (Wildman–Crippen LogP) is 3.38. The second-order valence-corrected chi connectivity index (χ2v) is 5.88. The molecule has 3 rings (SSSR count). The van der Waals surface area contributed by atoms with E-state index in [9.17, 15) is 8.78 Å². The van der Waals surface area contributed by atoms with Crippen LogP contribution in [-0.4, -0.2) is 30.1 Å². The molecule has 2 aliphatic rings. The van der Waals surface area contributed by atoms with Crippen molar-refractivity contribution >= 4 is 21.6 Å². The molecule has 18 heavy (non-hydrogen) atoms. The summed E-state index contributed by atoms with van der Waals surface area (Å²) in [5.41, 5.74) is 0.384. The smallest absolute Gasteiger partial charge is 0.150 e. The van der Waals surface area contributed by atoms with Crippen molar-refractivity contribution in [2.75, 3.05) is 18.4 Å². The number of hydrogen-bond acceptors (Lipinski definition) is 2. The third kappa shape index (κ3) is 2.14. The van der Waals surface area contributed by atoms with Gasteiger partial charge in [-0.25, -0.2) is 8.78 Å². The fourth-order valence-corrected chi connectivity index (χ4v) is 3.64. The topological polar surface area (TPSA) is 15.3 Å². The van der Waals surface area contributed by atoms with Crippen molar-refractivity contribution in [2.24, 2.45) is 0 Å². The average molecular weight is 317 g/mol. The number of anilines is 1. The first-order valence-corrected chi connectivity index (χ1v) is 7.09. The Morgan fingerprint density at radius 1 is 1.22 bits per heavy atom. The lowest BCUT2D eigenvalue weighted by Gasteiger charge is -2.23. The number of fused-ring (bicyclic) bond motifs is 1. The molecule has 2 unspecified atom stereocenters. The van der Waals surface area contributed by atoms with Gasteiger partial charge in [0.2, 0.25) is 0 Å². The van der Waals surface area contributed by atoms with E-state index >= 15 is 0 Å². The molecule has 0 bridgehead atoms. The van der Waals surface area contributed by atoms with Crippen molar-refractivity contribution in [3.63, 3.8) is 0 Å². The zero-order valence-corrected chi connectivity index (χ0v) is 11.5. The average Bonchev–Trinajstić information content (AvgIpc) is 2.86. The van der Waals surface area contributed by atoms with Crippen LogP contribution in [0, 0.1) is 11.6 Å². The molecule has 1 aromatic rings. The number of hydrogen-bond donors (Lipinski definition) is 1. The van der Waals surface area contributed by atoms with Crippen molar-refractivity contribution in [3.8, 4) is 0 Å². The third-order valence-electron chi connectivity index (χ3n) is 3.94. The number of rotatable bonds is 2. The summed E-state index contributed by atoms with van der Waals surface area (Å²) in [6.45, 7) is 2.22. The Morgan fingerprint density at radius 3 is 2.83 bits per heavy atom. The molecular formula is C13H15BrF2N2. The lowest BCUT2D eigenvalue weighted by molar-refractivity contribution is 0.318. The Balaban J connectivity index is 1.81. The first-order chi connectivity index (χ1) is 8.65. The van der Waals surface area contributed by atoms with Gasteiger partial charge >= 0.3 is 0 Å². The zero-order valence-electron chi connectivity index (χ0n) is 9.93. The summed E-state index contributed by atoms with van der Waals surface area (Å²) < 4.78 is 27.2. The van der Waals surface area contributed by atoms with Crippen LogP contribution in [0.25, 0.3) is 0 Å². The molecule has 2 heterocycles. The third-order valence-corrected chi connectivity index (χ3v) is 4.57. The van der Waals surface area contributed by atoms with Crippen LogP contribution in [0.3, 0.4) is 0 Å². The molecule has 0 spiro atoms. The minimum absolute atomic E-state index is 0.267. The standard InChI is InChI=1S/C13H15BrF2N2/c14-9-6-8(15)7-10(16)13(9)17-11-3-5-18-4-1-2-12(11)18/h6-7,11-12,17H,1-5H2. The monoisotopic (exact) mass is 316 g/mol. The maximum atomic E-state index is 13.8. The van der Waals surface area contributed by atoms with Gasteiger partial charge < -0.3 is 5.32 Å². The Bertz CT molecular complexity index is 443. The van der Waals surface area contributed by atoms with E-state index < -0.39 is 11.6 Å². The van der Waals surface area contributed by atoms with Crippen LogP contribution in [0.1, 0.15) is 19.3 Å². The molecule has 5 heteroatoms. The second kappa shape index (κ2) is 4.78. The molecule has 2 aliphatic heterocycles. The van der Waals surface area contributed by atoms with Gasteiger partial charge in [0.25, 0.3) is 0 Å². The number of nitrogens with one attached hydrogen (secondary N) is 1. The largest absolute Gasteiger partial charge is 0.377 e. The van der Waals surface area contributed by atoms with Crippen LogP contribution in [0.5, 0.6) is 0 Å². The van der Waals surface area contributed by atoms with E-state index in [-0.39, 0.29) is 6.04 Å². The van der Waals surface area contributed by atoms with Crippen molar-refractivity contribution < 1.29 is 8.78 Å². The minimum Gasteiger partial charge on any atom is -0.377 e. The zero-order chi connectivity index (χ0) is 12.7. The van der Waals surface area contributed by atoms with Gasteiger partial charge in [-0.3, -0.25) is 4.90 Å². The van der Waals surface area contributed by atoms with Crippen LogP contribution in [-0.2, 0) is 0 Å². The van der Waals surface area contributed by atoms with Crippen LogP contribution >= 0.6 is 15.9 Å². The SMILES string of the molecule is Fc1cc(F)c(NC2CCN3CCCC23)c(Br)c1. The van der Waals surface area contributed by atoms with E-state index in [1.54, 1.807) is 0 Å². The molecule has 0 saturated carbocycles. The predicted molar refractivity (Wildman–Crippen MR) is 70.7 cm³/mol. The van der Waals surface area contributed by atoms with Crippen molar-refractivity contribution in [3.05, 3.63) is 28.2 Å². The molecule has 2 fully saturated rings. The molecule has 2 nitrogen and oxygen atoms in total. The summed E-state index contributed by atoms with van der Waals surface area (Å²) in [6, 6.07) is 2.99. The van der Waals surface area contributed by atoms with Gasteiger partial charge in [-0.15, -0.1) is 0 Å². The first-order valence-electron chi connectivity index (χ1n) is 6.30. The van der Waals surface area contributed by atoms with Crippen LogP contribution in [0.15, 0.2) is 16.6 Å². The summed E-state index contributed by atoms with van der Waals surface area (Å²) in [5, 5.41) is 3.25. The van der Waals surface area contributed by atoms with Crippen LogP contribution < -0.4 is 5.32 Å². The number of nitrogens with zero attached hydrogens (tertiary/aromatic N) is 1. The van der Waals surface area contributed by atoms with Gasteiger partial charge in [-0.05, 0) is 47.8 Å². The van der Waals surface area contributed by atoms with Crippen LogP contribution in [0.4, 0.5) is 14.5 Å². The molecule has 0 aromatic heterocycles. The van der Waals surface area contributed by atoms with Gasteiger partial charge in [0.1, 0.15) is 11.6 Å². The van der Waals surface area contributed by atoms with Gasteiger partial charge in [0.05, 0.1) is 5.69 Å². The lowest BCUT2D eigenvalue weighted by Crippen LogP contribution is -2.34. The molecule has 0 radical (unpaired) electrons. The van der Waals surface area contributed by atoms with Gasteiger partial charge in [-0.2, -0.15) is 0 Å². The molecular weight excluding hydrogens is 302 g/mol. The van der Waals surface area contributed by atoms with Crippen molar-refractivity contribution in [1.82, 2.24) is 4.90 Å². The van der Waals surface area contributed by atoms with Gasteiger partial charge in [-0.1, -0.05) is 0 Å². The van der Waals surface area contributed by atoms with E-state index in [2.05, 4.69) is 26.1 Å². The highest BCUT2D eigenvalue weighted by atomic mass is 79.9.